The van der Waals surface area contributed by atoms with Crippen LogP contribution < -0.4 is 5.32 Å². The Kier molecular flexibility index (Phi) is 4.34. The van der Waals surface area contributed by atoms with Crippen LogP contribution in [-0.2, 0) is 6.18 Å². The summed E-state index contributed by atoms with van der Waals surface area (Å²) in [4.78, 5) is 7.89. The van der Waals surface area contributed by atoms with E-state index in [-0.39, 0.29) is 28.8 Å². The third-order valence-corrected chi connectivity index (χ3v) is 5.62. The van der Waals surface area contributed by atoms with Gasteiger partial charge in [0.2, 0.25) is 5.95 Å². The molecule has 0 aromatic carbocycles. The molecule has 2 aliphatic rings. The largest absolute Gasteiger partial charge is 0.419 e. The zero-order chi connectivity index (χ0) is 19.4. The number of alkyl halides is 3. The maximum Gasteiger partial charge on any atom is 0.419 e. The smallest absolute Gasteiger partial charge is 0.388 e. The molecule has 10 heteroatoms. The van der Waals surface area contributed by atoms with Crippen LogP contribution in [0.15, 0.2) is 12.4 Å². The second-order valence-electron chi connectivity index (χ2n) is 7.45. The molecule has 0 unspecified atom stereocenters. The van der Waals surface area contributed by atoms with E-state index >= 15 is 0 Å². The molecule has 0 aliphatic heterocycles. The van der Waals surface area contributed by atoms with Gasteiger partial charge < -0.3 is 10.4 Å². The number of rotatable bonds is 4. The molecule has 2 heterocycles. The molecule has 0 spiro atoms. The number of anilines is 2. The lowest BCUT2D eigenvalue weighted by Gasteiger charge is -2.26. The van der Waals surface area contributed by atoms with Crippen LogP contribution in [0.1, 0.15) is 62.2 Å². The third kappa shape index (κ3) is 3.50. The fourth-order valence-electron chi connectivity index (χ4n) is 3.63. The first-order valence-corrected chi connectivity index (χ1v) is 9.21. The molecule has 0 bridgehead atoms. The van der Waals surface area contributed by atoms with Crippen molar-refractivity contribution < 1.29 is 18.3 Å². The van der Waals surface area contributed by atoms with E-state index in [2.05, 4.69) is 20.4 Å². The Hall–Kier alpha value is -1.87. The summed E-state index contributed by atoms with van der Waals surface area (Å²) >= 11 is 6.39. The van der Waals surface area contributed by atoms with Gasteiger partial charge in [-0.15, -0.1) is 0 Å². The monoisotopic (exact) mass is 401 g/mol. The van der Waals surface area contributed by atoms with Crippen molar-refractivity contribution in [2.75, 3.05) is 5.32 Å². The minimum atomic E-state index is -4.48. The van der Waals surface area contributed by atoms with Gasteiger partial charge in [-0.2, -0.15) is 18.3 Å². The van der Waals surface area contributed by atoms with Crippen molar-refractivity contribution in [3.63, 3.8) is 0 Å². The van der Waals surface area contributed by atoms with Gasteiger partial charge in [-0.25, -0.2) is 14.6 Å². The van der Waals surface area contributed by atoms with E-state index in [4.69, 9.17) is 11.6 Å². The molecular weight excluding hydrogens is 383 g/mol. The molecule has 2 fully saturated rings. The molecule has 146 valence electrons. The minimum Gasteiger partial charge on any atom is -0.388 e. The molecule has 0 radical (unpaired) electrons. The molecule has 2 N–H and O–H groups in total. The Morgan fingerprint density at radius 3 is 2.63 bits per heavy atom. The number of nitrogens with one attached hydrogen (secondary N) is 1. The van der Waals surface area contributed by atoms with Gasteiger partial charge in [-0.3, -0.25) is 0 Å². The Morgan fingerprint density at radius 2 is 2.04 bits per heavy atom. The Bertz CT molecular complexity index is 863. The molecule has 2 atom stereocenters. The van der Waals surface area contributed by atoms with Crippen LogP contribution in [0.3, 0.4) is 0 Å². The predicted molar refractivity (Wildman–Crippen MR) is 93.0 cm³/mol. The van der Waals surface area contributed by atoms with Crippen LogP contribution in [-0.4, -0.2) is 30.5 Å². The Labute approximate surface area is 158 Å². The maximum atomic E-state index is 13.1. The van der Waals surface area contributed by atoms with Crippen molar-refractivity contribution in [1.29, 1.82) is 0 Å². The second-order valence-corrected chi connectivity index (χ2v) is 7.81. The van der Waals surface area contributed by atoms with Crippen LogP contribution in [0.2, 0.25) is 5.15 Å². The number of aromatic nitrogens is 4. The molecular formula is C17H19ClF3N5O. The topological polar surface area (TPSA) is 75.9 Å². The summed E-state index contributed by atoms with van der Waals surface area (Å²) in [6.45, 7) is 1.75. The molecule has 27 heavy (non-hydrogen) atoms. The second kappa shape index (κ2) is 6.34. The highest BCUT2D eigenvalue weighted by Gasteiger charge is 2.41. The molecule has 0 saturated heterocycles. The lowest BCUT2D eigenvalue weighted by molar-refractivity contribution is -0.138. The standard InChI is InChI=1S/C17H19ClF3N5O/c1-16(27)6-2-3-12(16)26-14(18)11(8-23-26)24-15-22-7-10(17(19,20)21)13(25-15)9-4-5-9/h7-9,12,27H,2-6H2,1H3,(H,22,24,25)/t12-,16+/m1/s1. The fourth-order valence-corrected chi connectivity index (χ4v) is 3.88. The number of halogens is 4. The predicted octanol–water partition coefficient (Wildman–Crippen LogP) is 4.44. The molecule has 2 aromatic heterocycles. The molecule has 2 aromatic rings. The molecule has 0 amide bonds. The summed E-state index contributed by atoms with van der Waals surface area (Å²) in [5.41, 5.74) is -1.29. The van der Waals surface area contributed by atoms with Gasteiger partial charge in [0.1, 0.15) is 0 Å². The zero-order valence-corrected chi connectivity index (χ0v) is 15.3. The average Bonchev–Trinajstić information content (AvgIpc) is 3.29. The highest BCUT2D eigenvalue weighted by Crippen LogP contribution is 2.45. The average molecular weight is 402 g/mol. The van der Waals surface area contributed by atoms with Gasteiger partial charge in [-0.05, 0) is 39.0 Å². The summed E-state index contributed by atoms with van der Waals surface area (Å²) in [5.74, 6) is -0.138. The van der Waals surface area contributed by atoms with E-state index in [1.807, 2.05) is 0 Å². The van der Waals surface area contributed by atoms with Crippen molar-refractivity contribution in [3.8, 4) is 0 Å². The summed E-state index contributed by atoms with van der Waals surface area (Å²) in [5, 5.41) is 17.8. The number of aliphatic hydroxyl groups is 1. The van der Waals surface area contributed by atoms with E-state index in [1.165, 1.54) is 6.20 Å². The first kappa shape index (κ1) is 18.5. The van der Waals surface area contributed by atoms with Crippen LogP contribution in [0, 0.1) is 0 Å². The Balaban J connectivity index is 1.61. The van der Waals surface area contributed by atoms with Gasteiger partial charge in [-0.1, -0.05) is 11.6 Å². The molecule has 4 rings (SSSR count). The fraction of sp³-hybridized carbons (Fsp3) is 0.588. The first-order chi connectivity index (χ1) is 12.7. The lowest BCUT2D eigenvalue weighted by atomic mass is 10.0. The summed E-state index contributed by atoms with van der Waals surface area (Å²) in [6.07, 6.45) is 1.44. The van der Waals surface area contributed by atoms with Gasteiger partial charge in [0.15, 0.2) is 5.15 Å². The molecule has 2 saturated carbocycles. The van der Waals surface area contributed by atoms with Crippen molar-refractivity contribution in [2.24, 2.45) is 0 Å². The SMILES string of the molecule is C[C@]1(O)CCC[C@H]1n1ncc(Nc2ncc(C(F)(F)F)c(C3CC3)n2)c1Cl. The Morgan fingerprint density at radius 1 is 1.30 bits per heavy atom. The van der Waals surface area contributed by atoms with Gasteiger partial charge in [0.05, 0.1) is 34.8 Å². The van der Waals surface area contributed by atoms with Crippen LogP contribution in [0.25, 0.3) is 0 Å². The molecule has 6 nitrogen and oxygen atoms in total. The highest BCUT2D eigenvalue weighted by molar-refractivity contribution is 6.32. The van der Waals surface area contributed by atoms with E-state index in [1.54, 1.807) is 11.6 Å². The number of hydrogen-bond acceptors (Lipinski definition) is 5. The third-order valence-electron chi connectivity index (χ3n) is 5.24. The highest BCUT2D eigenvalue weighted by atomic mass is 35.5. The van der Waals surface area contributed by atoms with Gasteiger partial charge >= 0.3 is 6.18 Å². The van der Waals surface area contributed by atoms with E-state index in [0.29, 0.717) is 24.9 Å². The van der Waals surface area contributed by atoms with Crippen LogP contribution in [0.5, 0.6) is 0 Å². The van der Waals surface area contributed by atoms with E-state index in [0.717, 1.165) is 19.0 Å². The van der Waals surface area contributed by atoms with Gasteiger partial charge in [0.25, 0.3) is 0 Å². The van der Waals surface area contributed by atoms with Gasteiger partial charge in [0, 0.05) is 12.1 Å². The maximum absolute atomic E-state index is 13.1. The molecule has 2 aliphatic carbocycles. The lowest BCUT2D eigenvalue weighted by Crippen LogP contribution is -2.31. The van der Waals surface area contributed by atoms with E-state index < -0.39 is 17.3 Å². The summed E-state index contributed by atoms with van der Waals surface area (Å²) in [6, 6.07) is -0.254. The van der Waals surface area contributed by atoms with Crippen LogP contribution in [0.4, 0.5) is 24.8 Å². The van der Waals surface area contributed by atoms with E-state index in [9.17, 15) is 18.3 Å². The van der Waals surface area contributed by atoms with Crippen molar-refractivity contribution in [1.82, 2.24) is 19.7 Å². The summed E-state index contributed by atoms with van der Waals surface area (Å²) in [7, 11) is 0. The van der Waals surface area contributed by atoms with Crippen molar-refractivity contribution in [3.05, 3.63) is 28.8 Å². The van der Waals surface area contributed by atoms with Crippen LogP contribution >= 0.6 is 11.6 Å². The minimum absolute atomic E-state index is 0.0160. The van der Waals surface area contributed by atoms with Crippen molar-refractivity contribution >= 4 is 23.2 Å². The number of nitrogens with zero attached hydrogens (tertiary/aromatic N) is 4. The zero-order valence-electron chi connectivity index (χ0n) is 14.6. The quantitative estimate of drug-likeness (QED) is 0.792. The first-order valence-electron chi connectivity index (χ1n) is 8.83. The number of hydrogen-bond donors (Lipinski definition) is 2. The summed E-state index contributed by atoms with van der Waals surface area (Å²) < 4.78 is 41.0. The van der Waals surface area contributed by atoms with Crippen molar-refractivity contribution in [2.45, 2.75) is 62.8 Å². The normalized spacial score (nSPS) is 25.8.